The van der Waals surface area contributed by atoms with E-state index in [2.05, 4.69) is 10.2 Å². The van der Waals surface area contributed by atoms with Gasteiger partial charge in [0, 0.05) is 0 Å². The number of esters is 1. The van der Waals surface area contributed by atoms with E-state index in [1.807, 2.05) is 31.2 Å². The third-order valence-corrected chi connectivity index (χ3v) is 4.24. The maximum absolute atomic E-state index is 11.7. The average Bonchev–Trinajstić information content (AvgIpc) is 2.99. The van der Waals surface area contributed by atoms with Gasteiger partial charge in [-0.05, 0) is 18.6 Å². The lowest BCUT2D eigenvalue weighted by Crippen LogP contribution is -2.18. The number of para-hydroxylation sites is 2. The van der Waals surface area contributed by atoms with E-state index in [0.29, 0.717) is 17.3 Å². The number of aromatic nitrogens is 3. The van der Waals surface area contributed by atoms with Gasteiger partial charge in [-0.25, -0.2) is 0 Å². The average molecular weight is 307 g/mol. The van der Waals surface area contributed by atoms with Gasteiger partial charge in [-0.15, -0.1) is 10.2 Å². The SMILES string of the molecule is CC[C@H](Sc1nncn1-c1ccccc1OC)C(=O)OC. The van der Waals surface area contributed by atoms with Gasteiger partial charge in [-0.2, -0.15) is 0 Å². The zero-order valence-electron chi connectivity index (χ0n) is 12.1. The summed E-state index contributed by atoms with van der Waals surface area (Å²) in [6.45, 7) is 1.93. The van der Waals surface area contributed by atoms with E-state index in [9.17, 15) is 4.79 Å². The Morgan fingerprint density at radius 1 is 1.38 bits per heavy atom. The molecule has 21 heavy (non-hydrogen) atoms. The Morgan fingerprint density at radius 2 is 2.14 bits per heavy atom. The van der Waals surface area contributed by atoms with Crippen LogP contribution in [-0.4, -0.2) is 40.2 Å². The fraction of sp³-hybridized carbons (Fsp3) is 0.357. The van der Waals surface area contributed by atoms with Gasteiger partial charge < -0.3 is 9.47 Å². The Labute approximate surface area is 127 Å². The first kappa shape index (κ1) is 15.4. The molecule has 1 heterocycles. The summed E-state index contributed by atoms with van der Waals surface area (Å²) in [6.07, 6.45) is 2.25. The fourth-order valence-corrected chi connectivity index (χ4v) is 2.82. The van der Waals surface area contributed by atoms with Crippen LogP contribution in [0.5, 0.6) is 5.75 Å². The summed E-state index contributed by atoms with van der Waals surface area (Å²) in [5.41, 5.74) is 0.826. The van der Waals surface area contributed by atoms with Crippen LogP contribution >= 0.6 is 11.8 Å². The van der Waals surface area contributed by atoms with Crippen LogP contribution < -0.4 is 4.74 Å². The smallest absolute Gasteiger partial charge is 0.319 e. The standard InChI is InChI=1S/C14H17N3O3S/c1-4-12(13(18)20-3)21-14-16-15-9-17(14)10-7-5-6-8-11(10)19-2/h5-9,12H,4H2,1-3H3/t12-/m0/s1. The lowest BCUT2D eigenvalue weighted by atomic mass is 10.3. The summed E-state index contributed by atoms with van der Waals surface area (Å²) in [7, 11) is 3.00. The van der Waals surface area contributed by atoms with E-state index in [4.69, 9.17) is 9.47 Å². The van der Waals surface area contributed by atoms with Crippen LogP contribution in [0.2, 0.25) is 0 Å². The monoisotopic (exact) mass is 307 g/mol. The van der Waals surface area contributed by atoms with Gasteiger partial charge >= 0.3 is 5.97 Å². The van der Waals surface area contributed by atoms with E-state index in [-0.39, 0.29) is 11.2 Å². The Hall–Kier alpha value is -2.02. The van der Waals surface area contributed by atoms with Crippen molar-refractivity contribution in [2.75, 3.05) is 14.2 Å². The molecule has 2 rings (SSSR count). The van der Waals surface area contributed by atoms with Gasteiger partial charge in [0.05, 0.1) is 19.9 Å². The second-order valence-corrected chi connectivity index (χ2v) is 5.36. The van der Waals surface area contributed by atoms with Crippen molar-refractivity contribution < 1.29 is 14.3 Å². The number of ether oxygens (including phenoxy) is 2. The maximum atomic E-state index is 11.7. The molecule has 1 aromatic carbocycles. The summed E-state index contributed by atoms with van der Waals surface area (Å²) in [4.78, 5) is 11.7. The molecule has 0 unspecified atom stereocenters. The third-order valence-electron chi connectivity index (χ3n) is 2.94. The van der Waals surface area contributed by atoms with Crippen LogP contribution in [0.25, 0.3) is 5.69 Å². The molecular formula is C14H17N3O3S. The number of methoxy groups -OCH3 is 2. The Balaban J connectivity index is 2.32. The molecule has 0 aliphatic carbocycles. The van der Waals surface area contributed by atoms with Crippen LogP contribution in [0, 0.1) is 0 Å². The molecule has 1 aromatic heterocycles. The van der Waals surface area contributed by atoms with E-state index < -0.39 is 0 Å². The van der Waals surface area contributed by atoms with Crippen molar-refractivity contribution in [1.29, 1.82) is 0 Å². The normalized spacial score (nSPS) is 12.0. The number of carbonyl (C=O) groups excluding carboxylic acids is 1. The molecular weight excluding hydrogens is 290 g/mol. The first-order valence-electron chi connectivity index (χ1n) is 6.49. The number of carbonyl (C=O) groups is 1. The summed E-state index contributed by atoms with van der Waals surface area (Å²) >= 11 is 1.33. The zero-order chi connectivity index (χ0) is 15.2. The molecule has 0 saturated carbocycles. The highest BCUT2D eigenvalue weighted by Crippen LogP contribution is 2.29. The molecule has 0 amide bonds. The van der Waals surface area contributed by atoms with Gasteiger partial charge in [-0.3, -0.25) is 9.36 Å². The van der Waals surface area contributed by atoms with Crippen LogP contribution in [0.1, 0.15) is 13.3 Å². The quantitative estimate of drug-likeness (QED) is 0.603. The van der Waals surface area contributed by atoms with Crippen LogP contribution in [0.3, 0.4) is 0 Å². The largest absolute Gasteiger partial charge is 0.495 e. The minimum atomic E-state index is -0.312. The molecule has 0 fully saturated rings. The second kappa shape index (κ2) is 7.12. The topological polar surface area (TPSA) is 66.2 Å². The highest BCUT2D eigenvalue weighted by molar-refractivity contribution is 8.00. The third kappa shape index (κ3) is 3.36. The van der Waals surface area contributed by atoms with Crippen molar-refractivity contribution in [3.05, 3.63) is 30.6 Å². The second-order valence-electron chi connectivity index (χ2n) is 4.19. The van der Waals surface area contributed by atoms with Crippen LogP contribution in [0.15, 0.2) is 35.7 Å². The zero-order valence-corrected chi connectivity index (χ0v) is 13.0. The van der Waals surface area contributed by atoms with Crippen molar-refractivity contribution >= 4 is 17.7 Å². The minimum absolute atomic E-state index is 0.267. The summed E-state index contributed by atoms with van der Waals surface area (Å²) < 4.78 is 11.9. The Kier molecular flexibility index (Phi) is 5.21. The number of hydrogen-bond acceptors (Lipinski definition) is 6. The molecule has 0 saturated heterocycles. The minimum Gasteiger partial charge on any atom is -0.495 e. The summed E-state index contributed by atoms with van der Waals surface area (Å²) in [5, 5.41) is 8.33. The molecule has 6 nitrogen and oxygen atoms in total. The first-order valence-corrected chi connectivity index (χ1v) is 7.37. The molecule has 0 N–H and O–H groups in total. The molecule has 0 bridgehead atoms. The lowest BCUT2D eigenvalue weighted by Gasteiger charge is -2.14. The predicted molar refractivity (Wildman–Crippen MR) is 79.9 cm³/mol. The van der Waals surface area contributed by atoms with Gasteiger partial charge in [0.25, 0.3) is 0 Å². The van der Waals surface area contributed by atoms with Crippen molar-refractivity contribution in [2.24, 2.45) is 0 Å². The molecule has 0 radical (unpaired) electrons. The molecule has 1 atom stereocenters. The molecule has 0 spiro atoms. The van der Waals surface area contributed by atoms with E-state index in [1.54, 1.807) is 18.0 Å². The molecule has 112 valence electrons. The molecule has 0 aliphatic heterocycles. The predicted octanol–water partition coefficient (Wildman–Crippen LogP) is 2.32. The number of thioether (sulfide) groups is 1. The Bertz CT molecular complexity index is 615. The number of rotatable bonds is 6. The van der Waals surface area contributed by atoms with Crippen molar-refractivity contribution in [3.63, 3.8) is 0 Å². The van der Waals surface area contributed by atoms with Gasteiger partial charge in [0.2, 0.25) is 0 Å². The number of hydrogen-bond donors (Lipinski definition) is 0. The Morgan fingerprint density at radius 3 is 2.81 bits per heavy atom. The van der Waals surface area contributed by atoms with Gasteiger partial charge in [-0.1, -0.05) is 30.8 Å². The summed E-state index contributed by atoms with van der Waals surface area (Å²) in [5.74, 6) is 0.447. The summed E-state index contributed by atoms with van der Waals surface area (Å²) in [6, 6.07) is 7.57. The van der Waals surface area contributed by atoms with Crippen LogP contribution in [-0.2, 0) is 9.53 Å². The van der Waals surface area contributed by atoms with Crippen molar-refractivity contribution in [1.82, 2.24) is 14.8 Å². The maximum Gasteiger partial charge on any atom is 0.319 e. The van der Waals surface area contributed by atoms with Crippen LogP contribution in [0.4, 0.5) is 0 Å². The van der Waals surface area contributed by atoms with Crippen molar-refractivity contribution in [3.8, 4) is 11.4 Å². The molecule has 0 aliphatic rings. The van der Waals surface area contributed by atoms with Gasteiger partial charge in [0.15, 0.2) is 5.16 Å². The fourth-order valence-electron chi connectivity index (χ4n) is 1.86. The molecule has 7 heteroatoms. The van der Waals surface area contributed by atoms with E-state index in [1.165, 1.54) is 18.9 Å². The highest BCUT2D eigenvalue weighted by atomic mass is 32.2. The van der Waals surface area contributed by atoms with E-state index in [0.717, 1.165) is 5.69 Å². The molecule has 2 aromatic rings. The first-order chi connectivity index (χ1) is 10.2. The number of benzene rings is 1. The highest BCUT2D eigenvalue weighted by Gasteiger charge is 2.22. The van der Waals surface area contributed by atoms with Gasteiger partial charge in [0.1, 0.15) is 17.3 Å². The van der Waals surface area contributed by atoms with Crippen molar-refractivity contribution in [2.45, 2.75) is 23.8 Å². The lowest BCUT2D eigenvalue weighted by molar-refractivity contribution is -0.140. The van der Waals surface area contributed by atoms with E-state index >= 15 is 0 Å². The number of nitrogens with zero attached hydrogens (tertiary/aromatic N) is 3.